The summed E-state index contributed by atoms with van der Waals surface area (Å²) in [6.07, 6.45) is 4.33. The van der Waals surface area contributed by atoms with Crippen LogP contribution in [0.25, 0.3) is 0 Å². The fourth-order valence-electron chi connectivity index (χ4n) is 3.32. The van der Waals surface area contributed by atoms with Gasteiger partial charge in [0.15, 0.2) is 0 Å². The largest absolute Gasteiger partial charge is 0.299 e. The molecule has 0 N–H and O–H groups in total. The van der Waals surface area contributed by atoms with Crippen molar-refractivity contribution in [1.29, 1.82) is 0 Å². The number of carbonyl (C=O) groups is 1. The Morgan fingerprint density at radius 2 is 2.08 bits per heavy atom. The van der Waals surface area contributed by atoms with E-state index in [1.165, 1.54) is 6.42 Å². The molecule has 0 amide bonds. The molecule has 0 bridgehead atoms. The van der Waals surface area contributed by atoms with Crippen LogP contribution in [0.5, 0.6) is 0 Å². The van der Waals surface area contributed by atoms with Gasteiger partial charge in [0.05, 0.1) is 0 Å². The van der Waals surface area contributed by atoms with Gasteiger partial charge in [0.2, 0.25) is 0 Å². The molecule has 0 radical (unpaired) electrons. The van der Waals surface area contributed by atoms with Crippen LogP contribution in [-0.2, 0) is 4.79 Å². The maximum Gasteiger partial charge on any atom is 0.139 e. The van der Waals surface area contributed by atoms with E-state index in [4.69, 9.17) is 0 Å². The molecule has 2 saturated carbocycles. The monoisotopic (exact) mass is 166 g/mol. The lowest BCUT2D eigenvalue weighted by Crippen LogP contribution is -2.49. The summed E-state index contributed by atoms with van der Waals surface area (Å²) in [5.74, 6) is 1.24. The lowest BCUT2D eigenvalue weighted by molar-refractivity contribution is -0.147. The highest BCUT2D eigenvalue weighted by Crippen LogP contribution is 2.64. The van der Waals surface area contributed by atoms with Crippen LogP contribution in [0, 0.1) is 16.7 Å². The second-order valence-electron chi connectivity index (χ2n) is 5.18. The summed E-state index contributed by atoms with van der Waals surface area (Å²) in [6, 6.07) is 0. The van der Waals surface area contributed by atoms with E-state index >= 15 is 0 Å². The zero-order valence-corrected chi connectivity index (χ0v) is 8.31. The lowest BCUT2D eigenvalue weighted by Gasteiger charge is -2.47. The van der Waals surface area contributed by atoms with E-state index in [0.29, 0.717) is 17.1 Å². The summed E-state index contributed by atoms with van der Waals surface area (Å²) in [5, 5.41) is 0. The minimum absolute atomic E-state index is 0.128. The van der Waals surface area contributed by atoms with Gasteiger partial charge in [-0.15, -0.1) is 0 Å². The summed E-state index contributed by atoms with van der Waals surface area (Å²) < 4.78 is 0. The van der Waals surface area contributed by atoms with Crippen LogP contribution in [0.15, 0.2) is 0 Å². The van der Waals surface area contributed by atoms with Crippen molar-refractivity contribution in [2.24, 2.45) is 16.7 Å². The molecule has 0 aromatic carbocycles. The number of carbonyl (C=O) groups excluding carboxylic acids is 1. The third-order valence-electron chi connectivity index (χ3n) is 4.40. The van der Waals surface area contributed by atoms with Gasteiger partial charge in [-0.1, -0.05) is 20.8 Å². The number of hydrogen-bond acceptors (Lipinski definition) is 1. The topological polar surface area (TPSA) is 17.1 Å². The van der Waals surface area contributed by atoms with Crippen LogP contribution in [0.4, 0.5) is 0 Å². The van der Waals surface area contributed by atoms with Crippen LogP contribution in [-0.4, -0.2) is 5.78 Å². The smallest absolute Gasteiger partial charge is 0.139 e. The molecular weight excluding hydrogens is 148 g/mol. The average molecular weight is 166 g/mol. The maximum atomic E-state index is 11.6. The Morgan fingerprint density at radius 1 is 1.42 bits per heavy atom. The van der Waals surface area contributed by atoms with Crippen LogP contribution in [0.1, 0.15) is 46.5 Å². The van der Waals surface area contributed by atoms with Gasteiger partial charge < -0.3 is 0 Å². The molecule has 0 aromatic rings. The highest BCUT2D eigenvalue weighted by Gasteiger charge is 2.62. The molecule has 0 saturated heterocycles. The molecule has 1 heteroatoms. The Morgan fingerprint density at radius 3 is 2.42 bits per heavy atom. The van der Waals surface area contributed by atoms with Gasteiger partial charge in [0.25, 0.3) is 0 Å². The Kier molecular flexibility index (Phi) is 1.47. The first-order chi connectivity index (χ1) is 5.53. The van der Waals surface area contributed by atoms with Crippen molar-refractivity contribution in [2.75, 3.05) is 0 Å². The molecule has 2 unspecified atom stereocenters. The second-order valence-corrected chi connectivity index (χ2v) is 5.18. The van der Waals surface area contributed by atoms with E-state index in [0.717, 1.165) is 19.3 Å². The van der Waals surface area contributed by atoms with E-state index in [2.05, 4.69) is 20.8 Å². The molecule has 68 valence electrons. The molecule has 12 heavy (non-hydrogen) atoms. The molecule has 2 rings (SSSR count). The van der Waals surface area contributed by atoms with Gasteiger partial charge in [-0.2, -0.15) is 0 Å². The first-order valence-electron chi connectivity index (χ1n) is 5.06. The van der Waals surface area contributed by atoms with Crippen molar-refractivity contribution in [3.8, 4) is 0 Å². The number of fused-ring (bicyclic) bond motifs is 1. The zero-order chi connectivity index (χ0) is 8.98. The summed E-state index contributed by atoms with van der Waals surface area (Å²) in [5.41, 5.74) is 0.563. The first kappa shape index (κ1) is 8.28. The van der Waals surface area contributed by atoms with E-state index in [1.807, 2.05) is 0 Å². The fraction of sp³-hybridized carbons (Fsp3) is 0.909. The van der Waals surface area contributed by atoms with E-state index in [-0.39, 0.29) is 5.41 Å². The highest BCUT2D eigenvalue weighted by atomic mass is 16.1. The van der Waals surface area contributed by atoms with E-state index in [1.54, 1.807) is 0 Å². The first-order valence-corrected chi connectivity index (χ1v) is 5.06. The van der Waals surface area contributed by atoms with Crippen molar-refractivity contribution in [3.05, 3.63) is 0 Å². The SMILES string of the molecule is CCC12CCC(C)(C)C1CC2=O. The quantitative estimate of drug-likeness (QED) is 0.585. The minimum Gasteiger partial charge on any atom is -0.299 e. The van der Waals surface area contributed by atoms with Crippen molar-refractivity contribution < 1.29 is 4.79 Å². The van der Waals surface area contributed by atoms with Crippen molar-refractivity contribution >= 4 is 5.78 Å². The highest BCUT2D eigenvalue weighted by molar-refractivity contribution is 5.92. The molecule has 0 aromatic heterocycles. The van der Waals surface area contributed by atoms with Crippen LogP contribution in [0.3, 0.4) is 0 Å². The van der Waals surface area contributed by atoms with Gasteiger partial charge in [-0.3, -0.25) is 4.79 Å². The third-order valence-corrected chi connectivity index (χ3v) is 4.40. The van der Waals surface area contributed by atoms with Gasteiger partial charge in [-0.05, 0) is 30.6 Å². The Bertz CT molecular complexity index is 229. The predicted octanol–water partition coefficient (Wildman–Crippen LogP) is 2.79. The summed E-state index contributed by atoms with van der Waals surface area (Å²) in [6.45, 7) is 6.81. The summed E-state index contributed by atoms with van der Waals surface area (Å²) >= 11 is 0. The molecule has 2 aliphatic rings. The van der Waals surface area contributed by atoms with Crippen LogP contribution in [0.2, 0.25) is 0 Å². The summed E-state index contributed by atoms with van der Waals surface area (Å²) in [7, 11) is 0. The van der Waals surface area contributed by atoms with Gasteiger partial charge in [0.1, 0.15) is 5.78 Å². The molecular formula is C11H18O. The Hall–Kier alpha value is -0.330. The predicted molar refractivity (Wildman–Crippen MR) is 48.9 cm³/mol. The van der Waals surface area contributed by atoms with Crippen molar-refractivity contribution in [1.82, 2.24) is 0 Å². The number of hydrogen-bond donors (Lipinski definition) is 0. The van der Waals surface area contributed by atoms with Gasteiger partial charge in [-0.25, -0.2) is 0 Å². The number of ketones is 1. The van der Waals surface area contributed by atoms with Crippen LogP contribution < -0.4 is 0 Å². The van der Waals surface area contributed by atoms with Gasteiger partial charge >= 0.3 is 0 Å². The fourth-order valence-corrected chi connectivity index (χ4v) is 3.32. The lowest BCUT2D eigenvalue weighted by atomic mass is 9.55. The molecule has 0 spiro atoms. The molecule has 0 aliphatic heterocycles. The number of Topliss-reactive ketones (excluding diaryl/α,β-unsaturated/α-hetero) is 1. The van der Waals surface area contributed by atoms with Crippen molar-refractivity contribution in [3.63, 3.8) is 0 Å². The molecule has 1 nitrogen and oxygen atoms in total. The molecule has 0 heterocycles. The zero-order valence-electron chi connectivity index (χ0n) is 8.31. The molecule has 2 atom stereocenters. The normalized spacial score (nSPS) is 43.9. The number of rotatable bonds is 1. The average Bonchev–Trinajstić information content (AvgIpc) is 2.20. The van der Waals surface area contributed by atoms with Crippen LogP contribution >= 0.6 is 0 Å². The maximum absolute atomic E-state index is 11.6. The molecule has 2 fully saturated rings. The van der Waals surface area contributed by atoms with Gasteiger partial charge in [0, 0.05) is 11.8 Å². The van der Waals surface area contributed by atoms with Crippen molar-refractivity contribution in [2.45, 2.75) is 46.5 Å². The van der Waals surface area contributed by atoms with E-state index in [9.17, 15) is 4.79 Å². The molecule has 2 aliphatic carbocycles. The Labute approximate surface area is 74.5 Å². The second kappa shape index (κ2) is 2.12. The van der Waals surface area contributed by atoms with E-state index < -0.39 is 0 Å². The third kappa shape index (κ3) is 0.725. The standard InChI is InChI=1S/C11H18O/c1-4-11-6-5-10(2,3)8(11)7-9(11)12/h8H,4-7H2,1-3H3. The summed E-state index contributed by atoms with van der Waals surface area (Å²) in [4.78, 5) is 11.6. The Balaban J connectivity index is 2.29. The minimum atomic E-state index is 0.128.